The number of fused-ring (bicyclic) bond motifs is 1. The SMILES string of the molecule is CCSc1nnc(C2CCN(CC(=O)Nc3ccc4c(c3)OCCO4)CC2)n1C. The highest BCUT2D eigenvalue weighted by Crippen LogP contribution is 2.33. The molecule has 2 aromatic rings. The normalized spacial score (nSPS) is 17.3. The lowest BCUT2D eigenvalue weighted by Gasteiger charge is -2.30. The summed E-state index contributed by atoms with van der Waals surface area (Å²) in [4.78, 5) is 14.7. The van der Waals surface area contributed by atoms with Crippen molar-refractivity contribution in [3.8, 4) is 11.5 Å². The fraction of sp³-hybridized carbons (Fsp3) is 0.550. The highest BCUT2D eigenvalue weighted by atomic mass is 32.2. The van der Waals surface area contributed by atoms with E-state index in [4.69, 9.17) is 9.47 Å². The van der Waals surface area contributed by atoms with Crippen molar-refractivity contribution in [1.82, 2.24) is 19.7 Å². The Morgan fingerprint density at radius 3 is 2.72 bits per heavy atom. The molecule has 2 aliphatic heterocycles. The van der Waals surface area contributed by atoms with Crippen molar-refractivity contribution in [2.24, 2.45) is 7.05 Å². The summed E-state index contributed by atoms with van der Waals surface area (Å²) in [6.07, 6.45) is 1.97. The van der Waals surface area contributed by atoms with Gasteiger partial charge in [-0.05, 0) is 43.8 Å². The molecule has 0 bridgehead atoms. The molecule has 9 heteroatoms. The molecule has 0 saturated carbocycles. The molecular weight excluding hydrogens is 390 g/mol. The van der Waals surface area contributed by atoms with Crippen LogP contribution < -0.4 is 14.8 Å². The first-order valence-electron chi connectivity index (χ1n) is 10.1. The van der Waals surface area contributed by atoms with Gasteiger partial charge in [-0.25, -0.2) is 0 Å². The van der Waals surface area contributed by atoms with Crippen LogP contribution in [0.5, 0.6) is 11.5 Å². The Balaban J connectivity index is 1.28. The van der Waals surface area contributed by atoms with Gasteiger partial charge in [-0.1, -0.05) is 18.7 Å². The zero-order chi connectivity index (χ0) is 20.2. The van der Waals surface area contributed by atoms with Crippen LogP contribution in [0.4, 0.5) is 5.69 Å². The second-order valence-electron chi connectivity index (χ2n) is 7.29. The third-order valence-corrected chi connectivity index (χ3v) is 6.19. The largest absolute Gasteiger partial charge is 0.486 e. The number of carbonyl (C=O) groups is 1. The molecule has 29 heavy (non-hydrogen) atoms. The van der Waals surface area contributed by atoms with Gasteiger partial charge in [-0.2, -0.15) is 0 Å². The van der Waals surface area contributed by atoms with Crippen LogP contribution in [-0.4, -0.2) is 64.2 Å². The molecule has 1 saturated heterocycles. The van der Waals surface area contributed by atoms with Crippen LogP contribution in [-0.2, 0) is 11.8 Å². The number of hydrogen-bond acceptors (Lipinski definition) is 7. The summed E-state index contributed by atoms with van der Waals surface area (Å²) in [7, 11) is 2.04. The van der Waals surface area contributed by atoms with E-state index in [-0.39, 0.29) is 5.91 Å². The van der Waals surface area contributed by atoms with Crippen molar-refractivity contribution in [2.45, 2.75) is 30.8 Å². The minimum atomic E-state index is -0.0135. The molecule has 2 aliphatic rings. The summed E-state index contributed by atoms with van der Waals surface area (Å²) in [5.74, 6) is 3.83. The maximum Gasteiger partial charge on any atom is 0.238 e. The fourth-order valence-corrected chi connectivity index (χ4v) is 4.45. The Bertz CT molecular complexity index is 864. The summed E-state index contributed by atoms with van der Waals surface area (Å²) < 4.78 is 13.2. The van der Waals surface area contributed by atoms with Gasteiger partial charge >= 0.3 is 0 Å². The Labute approximate surface area is 175 Å². The predicted molar refractivity (Wildman–Crippen MR) is 112 cm³/mol. The van der Waals surface area contributed by atoms with Crippen molar-refractivity contribution in [1.29, 1.82) is 0 Å². The van der Waals surface area contributed by atoms with E-state index in [1.54, 1.807) is 11.8 Å². The average molecular weight is 418 g/mol. The molecule has 0 atom stereocenters. The van der Waals surface area contributed by atoms with Crippen LogP contribution in [0, 0.1) is 0 Å². The molecule has 8 nitrogen and oxygen atoms in total. The van der Waals surface area contributed by atoms with E-state index in [1.165, 1.54) is 0 Å². The van der Waals surface area contributed by atoms with Gasteiger partial charge in [0.05, 0.1) is 6.54 Å². The van der Waals surface area contributed by atoms with E-state index in [1.807, 2.05) is 25.2 Å². The van der Waals surface area contributed by atoms with Gasteiger partial charge in [-0.15, -0.1) is 10.2 Å². The Morgan fingerprint density at radius 2 is 1.97 bits per heavy atom. The molecule has 0 spiro atoms. The number of piperidine rings is 1. The van der Waals surface area contributed by atoms with E-state index in [0.717, 1.165) is 54.1 Å². The summed E-state index contributed by atoms with van der Waals surface area (Å²) in [6.45, 7) is 5.35. The number of likely N-dealkylation sites (tertiary alicyclic amines) is 1. The number of anilines is 1. The number of thioether (sulfide) groups is 1. The van der Waals surface area contributed by atoms with Gasteiger partial charge in [-0.3, -0.25) is 9.69 Å². The molecule has 0 radical (unpaired) electrons. The zero-order valence-corrected chi connectivity index (χ0v) is 17.7. The topological polar surface area (TPSA) is 81.5 Å². The average Bonchev–Trinajstić information content (AvgIpc) is 3.09. The number of ether oxygens (including phenoxy) is 2. The van der Waals surface area contributed by atoms with Crippen molar-refractivity contribution in [3.05, 3.63) is 24.0 Å². The number of nitrogens with one attached hydrogen (secondary N) is 1. The van der Waals surface area contributed by atoms with E-state index in [0.29, 0.717) is 31.4 Å². The van der Waals surface area contributed by atoms with E-state index < -0.39 is 0 Å². The predicted octanol–water partition coefficient (Wildman–Crippen LogP) is 2.52. The highest BCUT2D eigenvalue weighted by Gasteiger charge is 2.26. The smallest absolute Gasteiger partial charge is 0.238 e. The maximum atomic E-state index is 12.5. The Morgan fingerprint density at radius 1 is 1.21 bits per heavy atom. The van der Waals surface area contributed by atoms with Gasteiger partial charge in [0.25, 0.3) is 0 Å². The van der Waals surface area contributed by atoms with Crippen molar-refractivity contribution < 1.29 is 14.3 Å². The molecule has 0 unspecified atom stereocenters. The van der Waals surface area contributed by atoms with Gasteiger partial charge in [0.2, 0.25) is 5.91 Å². The third-order valence-electron chi connectivity index (χ3n) is 5.29. The van der Waals surface area contributed by atoms with Crippen molar-refractivity contribution in [3.63, 3.8) is 0 Å². The van der Waals surface area contributed by atoms with Gasteiger partial charge in [0.15, 0.2) is 16.7 Å². The quantitative estimate of drug-likeness (QED) is 0.723. The number of aromatic nitrogens is 3. The second kappa shape index (κ2) is 9.04. The van der Waals surface area contributed by atoms with Crippen LogP contribution in [0.15, 0.2) is 23.4 Å². The minimum absolute atomic E-state index is 0.0135. The van der Waals surface area contributed by atoms with Crippen LogP contribution in [0.25, 0.3) is 0 Å². The second-order valence-corrected chi connectivity index (χ2v) is 8.52. The lowest BCUT2D eigenvalue weighted by molar-refractivity contribution is -0.117. The fourth-order valence-electron chi connectivity index (χ4n) is 3.81. The van der Waals surface area contributed by atoms with Crippen LogP contribution in [0.2, 0.25) is 0 Å². The number of carbonyl (C=O) groups excluding carboxylic acids is 1. The first-order chi connectivity index (χ1) is 14.1. The van der Waals surface area contributed by atoms with E-state index in [9.17, 15) is 4.79 Å². The molecule has 1 aromatic carbocycles. The molecule has 1 amide bonds. The zero-order valence-electron chi connectivity index (χ0n) is 16.9. The lowest BCUT2D eigenvalue weighted by atomic mass is 9.96. The monoisotopic (exact) mass is 417 g/mol. The number of benzene rings is 1. The third kappa shape index (κ3) is 4.67. The molecule has 3 heterocycles. The van der Waals surface area contributed by atoms with Gasteiger partial charge in [0, 0.05) is 24.7 Å². The molecule has 0 aliphatic carbocycles. The maximum absolute atomic E-state index is 12.5. The summed E-state index contributed by atoms with van der Waals surface area (Å²) in [5.41, 5.74) is 0.731. The van der Waals surface area contributed by atoms with Crippen LogP contribution >= 0.6 is 11.8 Å². The number of amides is 1. The molecular formula is C20H27N5O3S. The highest BCUT2D eigenvalue weighted by molar-refractivity contribution is 7.99. The first kappa shape index (κ1) is 20.0. The van der Waals surface area contributed by atoms with Gasteiger partial charge in [0.1, 0.15) is 19.0 Å². The van der Waals surface area contributed by atoms with Crippen LogP contribution in [0.1, 0.15) is 31.5 Å². The Hall–Kier alpha value is -2.26. The molecule has 1 aromatic heterocycles. The standard InChI is InChI=1S/C20H27N5O3S/c1-3-29-20-23-22-19(24(20)2)14-6-8-25(9-7-14)13-18(26)21-15-4-5-16-17(12-15)28-11-10-27-16/h4-5,12,14H,3,6-11,13H2,1-2H3,(H,21,26). The van der Waals surface area contributed by atoms with Crippen molar-refractivity contribution in [2.75, 3.05) is 43.9 Å². The number of nitrogens with zero attached hydrogens (tertiary/aromatic N) is 4. The molecule has 4 rings (SSSR count). The molecule has 1 fully saturated rings. The Kier molecular flexibility index (Phi) is 6.25. The van der Waals surface area contributed by atoms with E-state index in [2.05, 4.69) is 31.9 Å². The molecule has 1 N–H and O–H groups in total. The van der Waals surface area contributed by atoms with Crippen LogP contribution in [0.3, 0.4) is 0 Å². The lowest BCUT2D eigenvalue weighted by Crippen LogP contribution is -2.39. The van der Waals surface area contributed by atoms with E-state index >= 15 is 0 Å². The molecule has 156 valence electrons. The van der Waals surface area contributed by atoms with Crippen molar-refractivity contribution >= 4 is 23.4 Å². The number of rotatable bonds is 6. The first-order valence-corrected chi connectivity index (χ1v) is 11.1. The summed E-state index contributed by atoms with van der Waals surface area (Å²) >= 11 is 1.71. The minimum Gasteiger partial charge on any atom is -0.486 e. The number of hydrogen-bond donors (Lipinski definition) is 1. The summed E-state index contributed by atoms with van der Waals surface area (Å²) in [6, 6.07) is 5.50. The summed E-state index contributed by atoms with van der Waals surface area (Å²) in [5, 5.41) is 12.7. The van der Waals surface area contributed by atoms with Gasteiger partial charge < -0.3 is 19.4 Å².